The largest absolute Gasteiger partial charge is 0.304 e. The zero-order chi connectivity index (χ0) is 13.2. The summed E-state index contributed by atoms with van der Waals surface area (Å²) in [6.07, 6.45) is 2.64. The second-order valence-corrected chi connectivity index (χ2v) is 6.58. The molecule has 1 aromatic carbocycles. The van der Waals surface area contributed by atoms with Crippen LogP contribution in [-0.4, -0.2) is 24.5 Å². The highest BCUT2D eigenvalue weighted by Crippen LogP contribution is 2.30. The standard InChI is InChI=1S/C17H27N/c1-5-18-12-10-15(11-13-18)14-6-8-16(9-7-14)17(2,3)4/h6-9,15H,5,10-13H2,1-4H3. The summed E-state index contributed by atoms with van der Waals surface area (Å²) in [4.78, 5) is 2.56. The van der Waals surface area contributed by atoms with Crippen molar-refractivity contribution in [3.8, 4) is 0 Å². The highest BCUT2D eigenvalue weighted by atomic mass is 15.1. The quantitative estimate of drug-likeness (QED) is 0.755. The van der Waals surface area contributed by atoms with Crippen LogP contribution in [0.5, 0.6) is 0 Å². The number of hydrogen-bond donors (Lipinski definition) is 0. The fourth-order valence-corrected chi connectivity index (χ4v) is 2.84. The smallest absolute Gasteiger partial charge is 0.00130 e. The van der Waals surface area contributed by atoms with E-state index in [2.05, 4.69) is 56.9 Å². The van der Waals surface area contributed by atoms with E-state index in [-0.39, 0.29) is 5.41 Å². The SMILES string of the molecule is CCN1CCC(c2ccc(C(C)(C)C)cc2)CC1. The van der Waals surface area contributed by atoms with Gasteiger partial charge in [0.2, 0.25) is 0 Å². The van der Waals surface area contributed by atoms with Crippen molar-refractivity contribution < 1.29 is 0 Å². The summed E-state index contributed by atoms with van der Waals surface area (Å²) in [5.74, 6) is 0.779. The normalized spacial score (nSPS) is 19.1. The van der Waals surface area contributed by atoms with Gasteiger partial charge >= 0.3 is 0 Å². The van der Waals surface area contributed by atoms with Crippen molar-refractivity contribution in [2.75, 3.05) is 19.6 Å². The van der Waals surface area contributed by atoms with Crippen LogP contribution in [0.15, 0.2) is 24.3 Å². The summed E-state index contributed by atoms with van der Waals surface area (Å²) in [5.41, 5.74) is 3.25. The van der Waals surface area contributed by atoms with Crippen molar-refractivity contribution in [1.29, 1.82) is 0 Å². The van der Waals surface area contributed by atoms with Gasteiger partial charge in [0.15, 0.2) is 0 Å². The lowest BCUT2D eigenvalue weighted by molar-refractivity contribution is 0.222. The highest BCUT2D eigenvalue weighted by molar-refractivity contribution is 5.29. The van der Waals surface area contributed by atoms with E-state index in [9.17, 15) is 0 Å². The zero-order valence-electron chi connectivity index (χ0n) is 12.4. The third-order valence-electron chi connectivity index (χ3n) is 4.28. The molecule has 100 valence electrons. The molecule has 0 saturated carbocycles. The molecule has 0 aromatic heterocycles. The number of rotatable bonds is 2. The van der Waals surface area contributed by atoms with Crippen molar-refractivity contribution in [3.05, 3.63) is 35.4 Å². The Morgan fingerprint density at radius 3 is 2.06 bits per heavy atom. The topological polar surface area (TPSA) is 3.24 Å². The van der Waals surface area contributed by atoms with Crippen molar-refractivity contribution >= 4 is 0 Å². The molecule has 0 amide bonds. The first-order chi connectivity index (χ1) is 8.50. The van der Waals surface area contributed by atoms with Gasteiger partial charge in [-0.15, -0.1) is 0 Å². The summed E-state index contributed by atoms with van der Waals surface area (Å²) in [6, 6.07) is 9.35. The predicted molar refractivity (Wildman–Crippen MR) is 79.2 cm³/mol. The Morgan fingerprint density at radius 2 is 1.61 bits per heavy atom. The Hall–Kier alpha value is -0.820. The molecule has 0 N–H and O–H groups in total. The monoisotopic (exact) mass is 245 g/mol. The molecule has 1 aliphatic rings. The van der Waals surface area contributed by atoms with Crippen molar-refractivity contribution in [3.63, 3.8) is 0 Å². The van der Waals surface area contributed by atoms with Crippen molar-refractivity contribution in [2.24, 2.45) is 0 Å². The first-order valence-electron chi connectivity index (χ1n) is 7.33. The molecular weight excluding hydrogens is 218 g/mol. The average molecular weight is 245 g/mol. The number of piperidine rings is 1. The third-order valence-corrected chi connectivity index (χ3v) is 4.28. The molecule has 0 spiro atoms. The van der Waals surface area contributed by atoms with Gasteiger partial charge in [0, 0.05) is 0 Å². The van der Waals surface area contributed by atoms with E-state index in [1.807, 2.05) is 0 Å². The molecule has 0 bridgehead atoms. The van der Waals surface area contributed by atoms with Gasteiger partial charge in [-0.2, -0.15) is 0 Å². The summed E-state index contributed by atoms with van der Waals surface area (Å²) in [6.45, 7) is 12.8. The van der Waals surface area contributed by atoms with Gasteiger partial charge in [-0.3, -0.25) is 0 Å². The molecule has 1 heterocycles. The molecule has 0 unspecified atom stereocenters. The van der Waals surface area contributed by atoms with Crippen LogP contribution in [-0.2, 0) is 5.41 Å². The number of likely N-dealkylation sites (tertiary alicyclic amines) is 1. The Morgan fingerprint density at radius 1 is 1.06 bits per heavy atom. The second kappa shape index (κ2) is 5.44. The van der Waals surface area contributed by atoms with Crippen LogP contribution in [0, 0.1) is 0 Å². The van der Waals surface area contributed by atoms with Gasteiger partial charge in [0.05, 0.1) is 0 Å². The lowest BCUT2D eigenvalue weighted by atomic mass is 9.84. The molecule has 1 nitrogen and oxygen atoms in total. The maximum atomic E-state index is 2.56. The molecule has 1 aliphatic heterocycles. The van der Waals surface area contributed by atoms with Crippen molar-refractivity contribution in [2.45, 2.75) is 51.9 Å². The van der Waals surface area contributed by atoms with Crippen LogP contribution >= 0.6 is 0 Å². The minimum Gasteiger partial charge on any atom is -0.304 e. The molecule has 0 atom stereocenters. The maximum absolute atomic E-state index is 2.56. The molecule has 2 rings (SSSR count). The highest BCUT2D eigenvalue weighted by Gasteiger charge is 2.20. The van der Waals surface area contributed by atoms with E-state index in [4.69, 9.17) is 0 Å². The molecule has 0 aliphatic carbocycles. The summed E-state index contributed by atoms with van der Waals surface area (Å²) in [7, 11) is 0. The third kappa shape index (κ3) is 3.14. The van der Waals surface area contributed by atoms with Crippen molar-refractivity contribution in [1.82, 2.24) is 4.90 Å². The molecule has 1 aromatic rings. The Bertz CT molecular complexity index is 364. The van der Waals surface area contributed by atoms with Crippen LogP contribution in [0.2, 0.25) is 0 Å². The second-order valence-electron chi connectivity index (χ2n) is 6.58. The minimum atomic E-state index is 0.268. The molecule has 1 saturated heterocycles. The van der Waals surface area contributed by atoms with Gasteiger partial charge in [-0.1, -0.05) is 52.0 Å². The van der Waals surface area contributed by atoms with E-state index in [0.717, 1.165) is 5.92 Å². The molecule has 0 radical (unpaired) electrons. The first kappa shape index (κ1) is 13.6. The Balaban J connectivity index is 2.02. The van der Waals surface area contributed by atoms with Crippen LogP contribution in [0.4, 0.5) is 0 Å². The van der Waals surface area contributed by atoms with Gasteiger partial charge in [-0.25, -0.2) is 0 Å². The summed E-state index contributed by atoms with van der Waals surface area (Å²) in [5, 5.41) is 0. The van der Waals surface area contributed by atoms with Crippen LogP contribution in [0.3, 0.4) is 0 Å². The molecule has 1 heteroatoms. The van der Waals surface area contributed by atoms with Gasteiger partial charge in [0.1, 0.15) is 0 Å². The maximum Gasteiger partial charge on any atom is -0.00130 e. The zero-order valence-corrected chi connectivity index (χ0v) is 12.4. The van der Waals surface area contributed by atoms with E-state index in [1.54, 1.807) is 5.56 Å². The lowest BCUT2D eigenvalue weighted by Crippen LogP contribution is -2.32. The predicted octanol–water partition coefficient (Wildman–Crippen LogP) is 4.18. The van der Waals surface area contributed by atoms with E-state index >= 15 is 0 Å². The molecular formula is C17H27N. The first-order valence-corrected chi connectivity index (χ1v) is 7.33. The number of benzene rings is 1. The van der Waals surface area contributed by atoms with Crippen LogP contribution in [0.25, 0.3) is 0 Å². The molecule has 1 fully saturated rings. The average Bonchev–Trinajstić information content (AvgIpc) is 2.38. The molecule has 18 heavy (non-hydrogen) atoms. The van der Waals surface area contributed by atoms with Crippen LogP contribution < -0.4 is 0 Å². The van der Waals surface area contributed by atoms with Gasteiger partial charge < -0.3 is 4.90 Å². The minimum absolute atomic E-state index is 0.268. The Kier molecular flexibility index (Phi) is 4.11. The van der Waals surface area contributed by atoms with Gasteiger partial charge in [0.25, 0.3) is 0 Å². The van der Waals surface area contributed by atoms with Crippen LogP contribution in [0.1, 0.15) is 57.6 Å². The van der Waals surface area contributed by atoms with E-state index in [0.29, 0.717) is 0 Å². The summed E-state index contributed by atoms with van der Waals surface area (Å²) >= 11 is 0. The summed E-state index contributed by atoms with van der Waals surface area (Å²) < 4.78 is 0. The number of nitrogens with zero attached hydrogens (tertiary/aromatic N) is 1. The van der Waals surface area contributed by atoms with Gasteiger partial charge in [-0.05, 0) is 54.9 Å². The fourth-order valence-electron chi connectivity index (χ4n) is 2.84. The van der Waals surface area contributed by atoms with E-state index < -0.39 is 0 Å². The lowest BCUT2D eigenvalue weighted by Gasteiger charge is -2.31. The number of hydrogen-bond acceptors (Lipinski definition) is 1. The van der Waals surface area contributed by atoms with E-state index in [1.165, 1.54) is 38.0 Å². The Labute approximate surface area is 112 Å². The fraction of sp³-hybridized carbons (Fsp3) is 0.647.